The third-order valence-electron chi connectivity index (χ3n) is 3.38. The topological polar surface area (TPSA) is 58.1 Å². The quantitative estimate of drug-likeness (QED) is 0.764. The molecule has 1 aliphatic rings. The number of hydrogen-bond donors (Lipinski definition) is 1. The fourth-order valence-corrected chi connectivity index (χ4v) is 2.29. The molecule has 1 aromatic rings. The highest BCUT2D eigenvalue weighted by atomic mass is 16.2. The number of carbonyl (C=O) groups excluding carboxylic acids is 1. The van der Waals surface area contributed by atoms with Gasteiger partial charge in [0.15, 0.2) is 0 Å². The lowest BCUT2D eigenvalue weighted by molar-refractivity contribution is -0.130. The molecule has 1 amide bonds. The van der Waals surface area contributed by atoms with Crippen LogP contribution in [0, 0.1) is 0 Å². The Morgan fingerprint density at radius 3 is 2.63 bits per heavy atom. The highest BCUT2D eigenvalue weighted by molar-refractivity contribution is 5.76. The molecule has 5 heteroatoms. The van der Waals surface area contributed by atoms with Gasteiger partial charge in [-0.2, -0.15) is 0 Å². The monoisotopic (exact) mass is 262 g/mol. The van der Waals surface area contributed by atoms with E-state index in [0.29, 0.717) is 18.3 Å². The van der Waals surface area contributed by atoms with Gasteiger partial charge in [-0.05, 0) is 31.7 Å². The summed E-state index contributed by atoms with van der Waals surface area (Å²) >= 11 is 0. The molecule has 104 valence electrons. The van der Waals surface area contributed by atoms with Crippen molar-refractivity contribution >= 4 is 11.9 Å². The highest BCUT2D eigenvalue weighted by Gasteiger charge is 2.16. The molecule has 0 unspecified atom stereocenters. The lowest BCUT2D eigenvalue weighted by Gasteiger charge is -2.14. The van der Waals surface area contributed by atoms with Gasteiger partial charge >= 0.3 is 0 Å². The van der Waals surface area contributed by atoms with Gasteiger partial charge in [-0.1, -0.05) is 6.42 Å². The van der Waals surface area contributed by atoms with Crippen molar-refractivity contribution in [2.75, 3.05) is 25.0 Å². The van der Waals surface area contributed by atoms with Gasteiger partial charge in [-0.3, -0.25) is 4.79 Å². The van der Waals surface area contributed by atoms with E-state index in [9.17, 15) is 4.79 Å². The standard InChI is InChI=1S/C14H22N4O/c19-13(18-11-4-5-12-18)7-2-1-3-8-15-14-16-9-6-10-17-14/h6,9-10H,1-5,7-8,11-12H2,(H,15,16,17). The summed E-state index contributed by atoms with van der Waals surface area (Å²) in [6.45, 7) is 2.79. The van der Waals surface area contributed by atoms with Gasteiger partial charge in [0.05, 0.1) is 0 Å². The summed E-state index contributed by atoms with van der Waals surface area (Å²) in [5.74, 6) is 1.01. The molecule has 0 bridgehead atoms. The number of hydrogen-bond acceptors (Lipinski definition) is 4. The van der Waals surface area contributed by atoms with Crippen molar-refractivity contribution in [3.05, 3.63) is 18.5 Å². The second-order valence-electron chi connectivity index (χ2n) is 4.90. The molecule has 19 heavy (non-hydrogen) atoms. The average molecular weight is 262 g/mol. The van der Waals surface area contributed by atoms with Crippen LogP contribution in [0.15, 0.2) is 18.5 Å². The van der Waals surface area contributed by atoms with Crippen LogP contribution in [-0.2, 0) is 4.79 Å². The molecular formula is C14H22N4O. The van der Waals surface area contributed by atoms with Crippen LogP contribution in [-0.4, -0.2) is 40.4 Å². The predicted molar refractivity (Wildman–Crippen MR) is 74.8 cm³/mol. The summed E-state index contributed by atoms with van der Waals surface area (Å²) in [5, 5.41) is 3.17. The Bertz CT molecular complexity index is 376. The Hall–Kier alpha value is -1.65. The maximum atomic E-state index is 11.8. The zero-order valence-electron chi connectivity index (χ0n) is 11.3. The molecule has 5 nitrogen and oxygen atoms in total. The molecule has 2 heterocycles. The summed E-state index contributed by atoms with van der Waals surface area (Å²) in [6, 6.07) is 1.80. The smallest absolute Gasteiger partial charge is 0.222 e. The molecule has 0 spiro atoms. The molecule has 0 radical (unpaired) electrons. The molecular weight excluding hydrogens is 240 g/mol. The van der Waals surface area contributed by atoms with E-state index in [-0.39, 0.29) is 0 Å². The van der Waals surface area contributed by atoms with Crippen molar-refractivity contribution < 1.29 is 4.79 Å². The van der Waals surface area contributed by atoms with E-state index in [2.05, 4.69) is 15.3 Å². The molecule has 1 N–H and O–H groups in total. The van der Waals surface area contributed by atoms with Crippen molar-refractivity contribution in [3.8, 4) is 0 Å². The SMILES string of the molecule is O=C(CCCCCNc1ncccn1)N1CCCC1. The maximum Gasteiger partial charge on any atom is 0.222 e. The Morgan fingerprint density at radius 2 is 1.89 bits per heavy atom. The van der Waals surface area contributed by atoms with Gasteiger partial charge in [0.25, 0.3) is 0 Å². The second-order valence-corrected chi connectivity index (χ2v) is 4.90. The van der Waals surface area contributed by atoms with Gasteiger partial charge in [0, 0.05) is 38.4 Å². The average Bonchev–Trinajstić information content (AvgIpc) is 2.98. The molecule has 0 aliphatic carbocycles. The zero-order valence-corrected chi connectivity index (χ0v) is 11.3. The number of anilines is 1. The Kier molecular flexibility index (Phi) is 5.59. The Morgan fingerprint density at radius 1 is 1.16 bits per heavy atom. The molecule has 1 aliphatic heterocycles. The van der Waals surface area contributed by atoms with Gasteiger partial charge in [-0.25, -0.2) is 9.97 Å². The minimum absolute atomic E-state index is 0.330. The van der Waals surface area contributed by atoms with Crippen LogP contribution >= 0.6 is 0 Å². The zero-order chi connectivity index (χ0) is 13.3. The maximum absolute atomic E-state index is 11.8. The van der Waals surface area contributed by atoms with Crippen molar-refractivity contribution in [1.29, 1.82) is 0 Å². The van der Waals surface area contributed by atoms with Crippen LogP contribution in [0.25, 0.3) is 0 Å². The molecule has 1 fully saturated rings. The van der Waals surface area contributed by atoms with Gasteiger partial charge in [0.2, 0.25) is 11.9 Å². The molecule has 2 rings (SSSR count). The minimum Gasteiger partial charge on any atom is -0.354 e. The fourth-order valence-electron chi connectivity index (χ4n) is 2.29. The number of nitrogens with one attached hydrogen (secondary N) is 1. The van der Waals surface area contributed by atoms with Crippen molar-refractivity contribution in [2.24, 2.45) is 0 Å². The summed E-state index contributed by atoms with van der Waals surface area (Å²) in [6.07, 6.45) is 9.59. The van der Waals surface area contributed by atoms with E-state index in [1.165, 1.54) is 12.8 Å². The third kappa shape index (κ3) is 4.85. The molecule has 1 aromatic heterocycles. The first-order valence-electron chi connectivity index (χ1n) is 7.15. The first-order valence-corrected chi connectivity index (χ1v) is 7.15. The number of rotatable bonds is 7. The van der Waals surface area contributed by atoms with Crippen LogP contribution in [0.3, 0.4) is 0 Å². The molecule has 0 aromatic carbocycles. The molecule has 1 saturated heterocycles. The number of carbonyl (C=O) groups is 1. The van der Waals surface area contributed by atoms with E-state index in [1.54, 1.807) is 18.5 Å². The van der Waals surface area contributed by atoms with Crippen LogP contribution in [0.1, 0.15) is 38.5 Å². The predicted octanol–water partition coefficient (Wildman–Crippen LogP) is 2.07. The minimum atomic E-state index is 0.330. The molecule has 0 saturated carbocycles. The normalized spacial score (nSPS) is 14.6. The fraction of sp³-hybridized carbons (Fsp3) is 0.643. The van der Waals surface area contributed by atoms with Crippen LogP contribution < -0.4 is 5.32 Å². The summed E-state index contributed by atoms with van der Waals surface area (Å²) < 4.78 is 0. The first-order chi connectivity index (χ1) is 9.36. The molecule has 0 atom stereocenters. The lowest BCUT2D eigenvalue weighted by atomic mass is 10.2. The van der Waals surface area contributed by atoms with Crippen molar-refractivity contribution in [3.63, 3.8) is 0 Å². The summed E-state index contributed by atoms with van der Waals surface area (Å²) in [7, 11) is 0. The van der Waals surface area contributed by atoms with Crippen LogP contribution in [0.2, 0.25) is 0 Å². The summed E-state index contributed by atoms with van der Waals surface area (Å²) in [5.41, 5.74) is 0. The van der Waals surface area contributed by atoms with Gasteiger partial charge in [0.1, 0.15) is 0 Å². The van der Waals surface area contributed by atoms with E-state index in [1.807, 2.05) is 4.90 Å². The van der Waals surface area contributed by atoms with Crippen LogP contribution in [0.4, 0.5) is 5.95 Å². The summed E-state index contributed by atoms with van der Waals surface area (Å²) in [4.78, 5) is 22.0. The Balaban J connectivity index is 1.49. The second kappa shape index (κ2) is 7.71. The van der Waals surface area contributed by atoms with E-state index < -0.39 is 0 Å². The van der Waals surface area contributed by atoms with E-state index in [4.69, 9.17) is 0 Å². The number of likely N-dealkylation sites (tertiary alicyclic amines) is 1. The number of unbranched alkanes of at least 4 members (excludes halogenated alkanes) is 2. The van der Waals surface area contributed by atoms with Gasteiger partial charge in [-0.15, -0.1) is 0 Å². The third-order valence-corrected chi connectivity index (χ3v) is 3.38. The Labute approximate surface area is 114 Å². The largest absolute Gasteiger partial charge is 0.354 e. The highest BCUT2D eigenvalue weighted by Crippen LogP contribution is 2.11. The first kappa shape index (κ1) is 13.8. The number of aromatic nitrogens is 2. The number of amides is 1. The lowest BCUT2D eigenvalue weighted by Crippen LogP contribution is -2.27. The van der Waals surface area contributed by atoms with E-state index in [0.717, 1.165) is 38.9 Å². The van der Waals surface area contributed by atoms with Crippen LogP contribution in [0.5, 0.6) is 0 Å². The van der Waals surface area contributed by atoms with Crippen molar-refractivity contribution in [1.82, 2.24) is 14.9 Å². The van der Waals surface area contributed by atoms with E-state index >= 15 is 0 Å². The van der Waals surface area contributed by atoms with Gasteiger partial charge < -0.3 is 10.2 Å². The number of nitrogens with zero attached hydrogens (tertiary/aromatic N) is 3. The van der Waals surface area contributed by atoms with Crippen molar-refractivity contribution in [2.45, 2.75) is 38.5 Å².